The molecule has 0 saturated heterocycles. The van der Waals surface area contributed by atoms with Gasteiger partial charge in [-0.15, -0.1) is 10.2 Å². The summed E-state index contributed by atoms with van der Waals surface area (Å²) in [5.74, 6) is -17.4. The molecule has 2 amide bonds. The summed E-state index contributed by atoms with van der Waals surface area (Å²) in [4.78, 5) is 22.4. The molecule has 2 rings (SSSR count). The molecule has 118 valence electrons. The molecule has 0 atom stereocenters. The smallest absolute Gasteiger partial charge is 0.286 e. The Balaban J connectivity index is 2.14. The van der Waals surface area contributed by atoms with Crippen molar-refractivity contribution >= 4 is 23.7 Å². The maximum absolute atomic E-state index is 13.5. The molecule has 16 heteroatoms. The molecule has 0 aliphatic heterocycles. The average Bonchev–Trinajstić information content (AvgIpc) is 3.11. The first kappa shape index (κ1) is 15.2. The molecular weight excluding hydrogens is 320 g/mol. The van der Waals surface area contributed by atoms with Crippen LogP contribution in [0.4, 0.5) is 29.5 Å². The monoisotopic (exact) mass is 324 g/mol. The highest BCUT2D eigenvalue weighted by molar-refractivity contribution is 6.04. The number of carbonyl (C=O) groups is 2. The van der Waals surface area contributed by atoms with Gasteiger partial charge in [0.05, 0.1) is 0 Å². The standard InChI is InChI=1S/C6H4F4N10O2/c7-5(8,1(21)11-3-13-17-18-14-3)6(9,10)2(22)12-4-15-19-20-16-4/h(H2,11,13,14,17,18,21)(H2,12,15,16,19,20,22). The number of alkyl halides is 4. The minimum Gasteiger partial charge on any atom is -0.286 e. The molecule has 22 heavy (non-hydrogen) atoms. The molecule has 0 bridgehead atoms. The number of nitrogens with zero attached hydrogens (tertiary/aromatic N) is 6. The van der Waals surface area contributed by atoms with Crippen LogP contribution in [-0.4, -0.2) is 64.9 Å². The summed E-state index contributed by atoms with van der Waals surface area (Å²) in [6.45, 7) is 0. The number of carbonyl (C=O) groups excluding carboxylic acids is 2. The highest BCUT2D eigenvalue weighted by Crippen LogP contribution is 2.35. The number of amides is 2. The molecule has 2 aromatic rings. The fourth-order valence-electron chi connectivity index (χ4n) is 1.07. The summed E-state index contributed by atoms with van der Waals surface area (Å²) < 4.78 is 54.0. The maximum Gasteiger partial charge on any atom is 0.396 e. The van der Waals surface area contributed by atoms with Gasteiger partial charge in [0.15, 0.2) is 0 Å². The summed E-state index contributed by atoms with van der Waals surface area (Å²) in [7, 11) is 0. The summed E-state index contributed by atoms with van der Waals surface area (Å²) in [6, 6.07) is 0. The number of anilines is 2. The van der Waals surface area contributed by atoms with Gasteiger partial charge in [-0.05, 0) is 10.4 Å². The van der Waals surface area contributed by atoms with E-state index in [9.17, 15) is 27.2 Å². The normalized spacial score (nSPS) is 12.0. The summed E-state index contributed by atoms with van der Waals surface area (Å²) in [5.41, 5.74) is 0. The van der Waals surface area contributed by atoms with Crippen molar-refractivity contribution in [1.29, 1.82) is 0 Å². The fourth-order valence-corrected chi connectivity index (χ4v) is 1.07. The fraction of sp³-hybridized carbons (Fsp3) is 0.333. The van der Waals surface area contributed by atoms with Gasteiger partial charge in [-0.2, -0.15) is 28.0 Å². The highest BCUT2D eigenvalue weighted by Gasteiger charge is 2.67. The third-order valence-corrected chi connectivity index (χ3v) is 2.11. The van der Waals surface area contributed by atoms with Crippen LogP contribution in [-0.2, 0) is 9.59 Å². The van der Waals surface area contributed by atoms with Crippen LogP contribution in [0.15, 0.2) is 0 Å². The van der Waals surface area contributed by atoms with E-state index in [0.717, 1.165) is 0 Å². The van der Waals surface area contributed by atoms with E-state index in [0.29, 0.717) is 0 Å². The van der Waals surface area contributed by atoms with E-state index in [1.54, 1.807) is 0 Å². The topological polar surface area (TPSA) is 167 Å². The Kier molecular flexibility index (Phi) is 3.66. The van der Waals surface area contributed by atoms with E-state index in [-0.39, 0.29) is 0 Å². The summed E-state index contributed by atoms with van der Waals surface area (Å²) in [5, 5.41) is 24.2. The highest BCUT2D eigenvalue weighted by atomic mass is 19.3. The van der Waals surface area contributed by atoms with Gasteiger partial charge >= 0.3 is 23.7 Å². The largest absolute Gasteiger partial charge is 0.396 e. The predicted molar refractivity (Wildman–Crippen MR) is 55.5 cm³/mol. The Labute approximate surface area is 116 Å². The predicted octanol–water partition coefficient (Wildman–Crippen LogP) is -1.44. The molecule has 0 unspecified atom stereocenters. The van der Waals surface area contributed by atoms with Crippen LogP contribution < -0.4 is 10.6 Å². The first-order chi connectivity index (χ1) is 10.2. The van der Waals surface area contributed by atoms with E-state index < -0.39 is 35.6 Å². The zero-order valence-corrected chi connectivity index (χ0v) is 10.0. The minimum absolute atomic E-state index is 0.779. The zero-order valence-electron chi connectivity index (χ0n) is 10.0. The van der Waals surface area contributed by atoms with Crippen LogP contribution in [0, 0.1) is 0 Å². The average molecular weight is 324 g/mol. The number of nitrogens with one attached hydrogen (secondary N) is 4. The second-order valence-electron chi connectivity index (χ2n) is 3.53. The molecule has 0 aliphatic carbocycles. The molecule has 0 fully saturated rings. The molecule has 0 spiro atoms. The van der Waals surface area contributed by atoms with Gasteiger partial charge in [0, 0.05) is 0 Å². The second-order valence-corrected chi connectivity index (χ2v) is 3.53. The molecule has 4 N–H and O–H groups in total. The Morgan fingerprint density at radius 1 is 0.818 bits per heavy atom. The molecule has 2 heterocycles. The number of aromatic nitrogens is 8. The van der Waals surface area contributed by atoms with Gasteiger partial charge in [-0.3, -0.25) is 20.2 Å². The number of aromatic amines is 2. The molecule has 2 aromatic heterocycles. The lowest BCUT2D eigenvalue weighted by Gasteiger charge is -2.23. The number of rotatable bonds is 5. The first-order valence-corrected chi connectivity index (χ1v) is 5.10. The molecule has 0 saturated carbocycles. The van der Waals surface area contributed by atoms with Crippen LogP contribution in [0.2, 0.25) is 0 Å². The third kappa shape index (κ3) is 2.65. The van der Waals surface area contributed by atoms with Gasteiger partial charge in [-0.1, -0.05) is 10.2 Å². The summed E-state index contributed by atoms with van der Waals surface area (Å²) in [6.07, 6.45) is 0. The SMILES string of the molecule is O=C(Nc1nn[nH]n1)C(F)(F)C(F)(F)C(=O)Nc1nn[nH]n1. The van der Waals surface area contributed by atoms with Crippen molar-refractivity contribution in [3.05, 3.63) is 0 Å². The minimum atomic E-state index is -5.42. The number of halogens is 4. The van der Waals surface area contributed by atoms with E-state index in [1.807, 2.05) is 10.4 Å². The van der Waals surface area contributed by atoms with Crippen molar-refractivity contribution < 1.29 is 27.2 Å². The van der Waals surface area contributed by atoms with Crippen LogP contribution >= 0.6 is 0 Å². The van der Waals surface area contributed by atoms with Crippen LogP contribution in [0.25, 0.3) is 0 Å². The van der Waals surface area contributed by atoms with E-state index in [4.69, 9.17) is 0 Å². The molecule has 0 aliphatic rings. The van der Waals surface area contributed by atoms with E-state index >= 15 is 0 Å². The van der Waals surface area contributed by atoms with E-state index in [2.05, 4.69) is 30.8 Å². The van der Waals surface area contributed by atoms with Crippen LogP contribution in [0.5, 0.6) is 0 Å². The van der Waals surface area contributed by atoms with Crippen molar-refractivity contribution in [2.75, 3.05) is 10.6 Å². The van der Waals surface area contributed by atoms with Gasteiger partial charge in [0.2, 0.25) is 0 Å². The number of H-pyrrole nitrogens is 2. The third-order valence-electron chi connectivity index (χ3n) is 2.11. The van der Waals surface area contributed by atoms with Crippen molar-refractivity contribution in [2.45, 2.75) is 11.8 Å². The lowest BCUT2D eigenvalue weighted by atomic mass is 10.1. The van der Waals surface area contributed by atoms with Gasteiger partial charge in [-0.25, -0.2) is 0 Å². The van der Waals surface area contributed by atoms with Gasteiger partial charge in [0.1, 0.15) is 0 Å². The Bertz CT molecular complexity index is 597. The number of hydrogen-bond donors (Lipinski definition) is 4. The maximum atomic E-state index is 13.5. The van der Waals surface area contributed by atoms with Crippen molar-refractivity contribution in [2.24, 2.45) is 0 Å². The van der Waals surface area contributed by atoms with Gasteiger partial charge in [0.25, 0.3) is 11.9 Å². The van der Waals surface area contributed by atoms with Crippen molar-refractivity contribution in [1.82, 2.24) is 41.2 Å². The molecule has 0 aromatic carbocycles. The van der Waals surface area contributed by atoms with Crippen molar-refractivity contribution in [3.8, 4) is 0 Å². The number of hydrogen-bond acceptors (Lipinski definition) is 8. The van der Waals surface area contributed by atoms with Crippen LogP contribution in [0.3, 0.4) is 0 Å². The molecule has 12 nitrogen and oxygen atoms in total. The van der Waals surface area contributed by atoms with Gasteiger partial charge < -0.3 is 0 Å². The quantitative estimate of drug-likeness (QED) is 0.485. The van der Waals surface area contributed by atoms with Crippen LogP contribution in [0.1, 0.15) is 0 Å². The molecular formula is C6H4F4N10O2. The Morgan fingerprint density at radius 3 is 1.45 bits per heavy atom. The van der Waals surface area contributed by atoms with E-state index in [1.165, 1.54) is 10.6 Å². The summed E-state index contributed by atoms with van der Waals surface area (Å²) >= 11 is 0. The number of tetrazole rings is 2. The Hall–Kier alpha value is -3.20. The lowest BCUT2D eigenvalue weighted by Crippen LogP contribution is -2.56. The molecule has 0 radical (unpaired) electrons. The van der Waals surface area contributed by atoms with Crippen molar-refractivity contribution in [3.63, 3.8) is 0 Å². The second kappa shape index (κ2) is 5.30. The Morgan fingerprint density at radius 2 is 1.18 bits per heavy atom. The first-order valence-electron chi connectivity index (χ1n) is 5.10. The lowest BCUT2D eigenvalue weighted by molar-refractivity contribution is -0.204. The zero-order chi connectivity index (χ0) is 16.4.